The number of imide groups is 1. The lowest BCUT2D eigenvalue weighted by Gasteiger charge is -2.24. The van der Waals surface area contributed by atoms with Crippen LogP contribution in [0.5, 0.6) is 0 Å². The summed E-state index contributed by atoms with van der Waals surface area (Å²) in [5.74, 6) is -0.179. The molecule has 0 unspecified atom stereocenters. The molecule has 102 valence electrons. The quantitative estimate of drug-likeness (QED) is 0.652. The molecule has 19 heavy (non-hydrogen) atoms. The molecule has 1 N–H and O–H groups in total. The second-order valence-corrected chi connectivity index (χ2v) is 4.82. The van der Waals surface area contributed by atoms with Gasteiger partial charge >= 0.3 is 0 Å². The van der Waals surface area contributed by atoms with Crippen molar-refractivity contribution in [2.75, 3.05) is 11.4 Å². The Hall–Kier alpha value is -1.68. The summed E-state index contributed by atoms with van der Waals surface area (Å²) in [6, 6.07) is 7.63. The van der Waals surface area contributed by atoms with Gasteiger partial charge in [-0.05, 0) is 37.1 Å². The highest BCUT2D eigenvalue weighted by molar-refractivity contribution is 6.16. The third-order valence-corrected chi connectivity index (χ3v) is 3.23. The summed E-state index contributed by atoms with van der Waals surface area (Å²) < 4.78 is 0. The highest BCUT2D eigenvalue weighted by Crippen LogP contribution is 2.22. The third kappa shape index (κ3) is 3.41. The fourth-order valence-electron chi connectivity index (χ4n) is 2.21. The van der Waals surface area contributed by atoms with Crippen molar-refractivity contribution in [2.24, 2.45) is 0 Å². The number of hydrogen-bond acceptors (Lipinski definition) is 3. The Balaban J connectivity index is 2.04. The minimum absolute atomic E-state index is 0.0897. The number of anilines is 1. The molecule has 2 rings (SSSR count). The van der Waals surface area contributed by atoms with E-state index in [0.29, 0.717) is 24.9 Å². The lowest BCUT2D eigenvalue weighted by atomic mass is 10.1. The monoisotopic (exact) mass is 260 g/mol. The van der Waals surface area contributed by atoms with E-state index in [1.54, 1.807) is 0 Å². The average Bonchev–Trinajstić information content (AvgIpc) is 2.40. The van der Waals surface area contributed by atoms with E-state index < -0.39 is 0 Å². The van der Waals surface area contributed by atoms with E-state index in [4.69, 9.17) is 0 Å². The number of amides is 2. The summed E-state index contributed by atoms with van der Waals surface area (Å²) >= 11 is 0. The number of nitrogens with zero attached hydrogens (tertiary/aromatic N) is 1. The van der Waals surface area contributed by atoms with Gasteiger partial charge in [0.25, 0.3) is 0 Å². The van der Waals surface area contributed by atoms with E-state index in [2.05, 4.69) is 12.2 Å². The van der Waals surface area contributed by atoms with Crippen LogP contribution in [0, 0.1) is 0 Å². The van der Waals surface area contributed by atoms with Crippen molar-refractivity contribution in [3.63, 3.8) is 0 Å². The van der Waals surface area contributed by atoms with Gasteiger partial charge < -0.3 is 5.32 Å². The summed E-state index contributed by atoms with van der Waals surface area (Å²) in [6.07, 6.45) is 2.71. The molecular formula is C15H20N2O2. The summed E-state index contributed by atoms with van der Waals surface area (Å²) in [5, 5.41) is 3.32. The molecule has 2 amide bonds. The summed E-state index contributed by atoms with van der Waals surface area (Å²) in [7, 11) is 0. The van der Waals surface area contributed by atoms with Crippen LogP contribution in [0.1, 0.15) is 38.2 Å². The number of benzene rings is 1. The molecule has 0 radical (unpaired) electrons. The van der Waals surface area contributed by atoms with Gasteiger partial charge in [0.2, 0.25) is 11.8 Å². The Kier molecular flexibility index (Phi) is 4.68. The molecule has 0 saturated carbocycles. The van der Waals surface area contributed by atoms with Crippen molar-refractivity contribution in [1.29, 1.82) is 0 Å². The molecule has 1 aromatic carbocycles. The molecule has 0 bridgehead atoms. The zero-order valence-corrected chi connectivity index (χ0v) is 11.3. The van der Waals surface area contributed by atoms with Gasteiger partial charge in [-0.1, -0.05) is 19.1 Å². The minimum atomic E-state index is -0.0897. The van der Waals surface area contributed by atoms with Gasteiger partial charge in [0.05, 0.1) is 5.69 Å². The van der Waals surface area contributed by atoms with Crippen molar-refractivity contribution in [3.05, 3.63) is 29.8 Å². The lowest BCUT2D eigenvalue weighted by molar-refractivity contribution is -0.129. The maximum Gasteiger partial charge on any atom is 0.233 e. The standard InChI is InChI=1S/C15H20N2O2/c1-2-10-16-11-12-6-8-13(9-7-12)17-14(18)4-3-5-15(17)19/h6-9,16H,2-5,10-11H2,1H3. The van der Waals surface area contributed by atoms with Gasteiger partial charge in [-0.2, -0.15) is 0 Å². The van der Waals surface area contributed by atoms with Gasteiger partial charge in [-0.25, -0.2) is 0 Å². The number of piperidine rings is 1. The van der Waals surface area contributed by atoms with E-state index in [1.165, 1.54) is 4.90 Å². The van der Waals surface area contributed by atoms with Crippen molar-refractivity contribution in [3.8, 4) is 0 Å². The lowest BCUT2D eigenvalue weighted by Crippen LogP contribution is -2.40. The Morgan fingerprint density at radius 1 is 1.11 bits per heavy atom. The van der Waals surface area contributed by atoms with Crippen molar-refractivity contribution in [2.45, 2.75) is 39.2 Å². The van der Waals surface area contributed by atoms with Crippen molar-refractivity contribution >= 4 is 17.5 Å². The number of hydrogen-bond donors (Lipinski definition) is 1. The fraction of sp³-hybridized carbons (Fsp3) is 0.467. The molecule has 1 saturated heterocycles. The van der Waals surface area contributed by atoms with Gasteiger partial charge in [0.15, 0.2) is 0 Å². The average molecular weight is 260 g/mol. The molecular weight excluding hydrogens is 240 g/mol. The molecule has 4 heteroatoms. The van der Waals surface area contributed by atoms with Crippen molar-refractivity contribution in [1.82, 2.24) is 5.32 Å². The third-order valence-electron chi connectivity index (χ3n) is 3.23. The van der Waals surface area contributed by atoms with Crippen LogP contribution in [0.15, 0.2) is 24.3 Å². The van der Waals surface area contributed by atoms with E-state index in [9.17, 15) is 9.59 Å². The molecule has 1 fully saturated rings. The first-order valence-corrected chi connectivity index (χ1v) is 6.88. The van der Waals surface area contributed by atoms with Crippen LogP contribution < -0.4 is 10.2 Å². The van der Waals surface area contributed by atoms with Crippen LogP contribution in [0.4, 0.5) is 5.69 Å². The Morgan fingerprint density at radius 2 is 1.74 bits per heavy atom. The van der Waals surface area contributed by atoms with Crippen LogP contribution in [0.3, 0.4) is 0 Å². The molecule has 0 aromatic heterocycles. The van der Waals surface area contributed by atoms with Crippen molar-refractivity contribution < 1.29 is 9.59 Å². The predicted molar refractivity (Wildman–Crippen MR) is 74.8 cm³/mol. The molecule has 1 heterocycles. The van der Waals surface area contributed by atoms with E-state index in [1.807, 2.05) is 24.3 Å². The van der Waals surface area contributed by atoms with Crippen LogP contribution in [0.25, 0.3) is 0 Å². The number of carbonyl (C=O) groups excluding carboxylic acids is 2. The molecule has 1 aliphatic rings. The Labute approximate surface area is 113 Å². The summed E-state index contributed by atoms with van der Waals surface area (Å²) in [4.78, 5) is 24.9. The second kappa shape index (κ2) is 6.48. The molecule has 4 nitrogen and oxygen atoms in total. The maximum atomic E-state index is 11.8. The Morgan fingerprint density at radius 3 is 2.32 bits per heavy atom. The van der Waals surface area contributed by atoms with Gasteiger partial charge in [0, 0.05) is 19.4 Å². The van der Waals surface area contributed by atoms with Gasteiger partial charge in [-0.15, -0.1) is 0 Å². The molecule has 1 aliphatic heterocycles. The topological polar surface area (TPSA) is 49.4 Å². The fourth-order valence-corrected chi connectivity index (χ4v) is 2.21. The highest BCUT2D eigenvalue weighted by Gasteiger charge is 2.26. The zero-order valence-electron chi connectivity index (χ0n) is 11.3. The predicted octanol–water partition coefficient (Wildman–Crippen LogP) is 2.23. The molecule has 1 aromatic rings. The van der Waals surface area contributed by atoms with Crippen LogP contribution in [-0.2, 0) is 16.1 Å². The first kappa shape index (κ1) is 13.7. The maximum absolute atomic E-state index is 11.8. The van der Waals surface area contributed by atoms with Gasteiger partial charge in [0.1, 0.15) is 0 Å². The van der Waals surface area contributed by atoms with Crippen LogP contribution >= 0.6 is 0 Å². The van der Waals surface area contributed by atoms with Crippen LogP contribution in [0.2, 0.25) is 0 Å². The number of nitrogens with one attached hydrogen (secondary N) is 1. The second-order valence-electron chi connectivity index (χ2n) is 4.82. The summed E-state index contributed by atoms with van der Waals surface area (Å²) in [6.45, 7) is 3.94. The first-order chi connectivity index (χ1) is 9.22. The van der Waals surface area contributed by atoms with Crippen LogP contribution in [-0.4, -0.2) is 18.4 Å². The van der Waals surface area contributed by atoms with E-state index in [-0.39, 0.29) is 11.8 Å². The number of rotatable bonds is 5. The SMILES string of the molecule is CCCNCc1ccc(N2C(=O)CCCC2=O)cc1. The smallest absolute Gasteiger partial charge is 0.233 e. The molecule has 0 spiro atoms. The zero-order chi connectivity index (χ0) is 13.7. The molecule has 0 aliphatic carbocycles. The molecule has 0 atom stereocenters. The largest absolute Gasteiger partial charge is 0.313 e. The summed E-state index contributed by atoms with van der Waals surface area (Å²) in [5.41, 5.74) is 1.85. The normalized spacial score (nSPS) is 15.9. The highest BCUT2D eigenvalue weighted by atomic mass is 16.2. The minimum Gasteiger partial charge on any atom is -0.313 e. The number of carbonyl (C=O) groups is 2. The van der Waals surface area contributed by atoms with E-state index >= 15 is 0 Å². The first-order valence-electron chi connectivity index (χ1n) is 6.88. The Bertz CT molecular complexity index is 438. The van der Waals surface area contributed by atoms with E-state index in [0.717, 1.165) is 25.1 Å². The van der Waals surface area contributed by atoms with Gasteiger partial charge in [-0.3, -0.25) is 14.5 Å².